The van der Waals surface area contributed by atoms with Crippen LogP contribution in [-0.4, -0.2) is 17.6 Å². The van der Waals surface area contributed by atoms with Crippen LogP contribution < -0.4 is 10.9 Å². The van der Waals surface area contributed by atoms with Crippen LogP contribution in [0.1, 0.15) is 0 Å². The summed E-state index contributed by atoms with van der Waals surface area (Å²) in [5.74, 6) is 2.46. The van der Waals surface area contributed by atoms with Crippen molar-refractivity contribution in [3.63, 3.8) is 0 Å². The van der Waals surface area contributed by atoms with E-state index in [1.807, 2.05) is 0 Å². The topological polar surface area (TPSA) is 66.6 Å². The fourth-order valence-electron chi connectivity index (χ4n) is 0.942. The second kappa shape index (κ2) is 4.01. The molecule has 1 aromatic carbocycles. The number of aliphatic carboxylic acids is 1. The Hall–Kier alpha value is -1.69. The molecular formula is C8H8F2N2O2. The summed E-state index contributed by atoms with van der Waals surface area (Å²) in [4.78, 5) is 10.2. The van der Waals surface area contributed by atoms with E-state index in [0.717, 1.165) is 17.1 Å². The third-order valence-electron chi connectivity index (χ3n) is 1.48. The van der Waals surface area contributed by atoms with E-state index < -0.39 is 24.1 Å². The van der Waals surface area contributed by atoms with Gasteiger partial charge in [0.05, 0.1) is 5.69 Å². The lowest BCUT2D eigenvalue weighted by Gasteiger charge is -2.15. The molecule has 0 bridgehead atoms. The standard InChI is InChI=1S/C8H8F2N2O2/c9-5-1-6(10)3-7(2-5)12(11)4-8(13)14/h1-3H,4,11H2,(H,13,14). The number of nitrogens with zero attached hydrogens (tertiary/aromatic N) is 1. The van der Waals surface area contributed by atoms with Crippen LogP contribution in [0.5, 0.6) is 0 Å². The normalized spacial score (nSPS) is 9.93. The highest BCUT2D eigenvalue weighted by atomic mass is 19.1. The molecule has 14 heavy (non-hydrogen) atoms. The minimum Gasteiger partial charge on any atom is -0.480 e. The average Bonchev–Trinajstić information content (AvgIpc) is 2.00. The number of nitrogens with two attached hydrogens (primary N) is 1. The second-order valence-electron chi connectivity index (χ2n) is 2.65. The Labute approximate surface area is 78.5 Å². The minimum absolute atomic E-state index is 0.0232. The number of hydrogen-bond donors (Lipinski definition) is 2. The molecule has 1 aromatic rings. The first-order valence-corrected chi connectivity index (χ1v) is 3.69. The van der Waals surface area contributed by atoms with Gasteiger partial charge in [-0.15, -0.1) is 0 Å². The first-order valence-electron chi connectivity index (χ1n) is 3.69. The van der Waals surface area contributed by atoms with E-state index in [4.69, 9.17) is 10.9 Å². The van der Waals surface area contributed by atoms with Crippen molar-refractivity contribution in [3.05, 3.63) is 29.8 Å². The van der Waals surface area contributed by atoms with Gasteiger partial charge in [0, 0.05) is 6.07 Å². The molecule has 4 nitrogen and oxygen atoms in total. The number of hydrogen-bond acceptors (Lipinski definition) is 3. The SMILES string of the molecule is NN(CC(=O)O)c1cc(F)cc(F)c1. The van der Waals surface area contributed by atoms with Gasteiger partial charge in [-0.05, 0) is 12.1 Å². The van der Waals surface area contributed by atoms with Crippen LogP contribution in [0.3, 0.4) is 0 Å². The minimum atomic E-state index is -1.18. The van der Waals surface area contributed by atoms with Crippen molar-refractivity contribution in [2.75, 3.05) is 11.6 Å². The molecule has 0 fully saturated rings. The van der Waals surface area contributed by atoms with Crippen molar-refractivity contribution >= 4 is 11.7 Å². The third-order valence-corrected chi connectivity index (χ3v) is 1.48. The number of carboxylic acid groups (broad SMARTS) is 1. The Morgan fingerprint density at radius 3 is 2.29 bits per heavy atom. The molecule has 0 aromatic heterocycles. The summed E-state index contributed by atoms with van der Waals surface area (Å²) in [6.45, 7) is -0.525. The third kappa shape index (κ3) is 2.67. The summed E-state index contributed by atoms with van der Waals surface area (Å²) >= 11 is 0. The van der Waals surface area contributed by atoms with Crippen molar-refractivity contribution in [2.24, 2.45) is 5.84 Å². The van der Waals surface area contributed by atoms with Crippen LogP contribution in [0, 0.1) is 11.6 Å². The quantitative estimate of drug-likeness (QED) is 0.560. The monoisotopic (exact) mass is 202 g/mol. The highest BCUT2D eigenvalue weighted by Crippen LogP contribution is 2.14. The predicted octanol–water partition coefficient (Wildman–Crippen LogP) is 0.730. The zero-order valence-electron chi connectivity index (χ0n) is 7.08. The Balaban J connectivity index is 2.89. The van der Waals surface area contributed by atoms with Crippen LogP contribution in [-0.2, 0) is 4.79 Å². The molecular weight excluding hydrogens is 194 g/mol. The largest absolute Gasteiger partial charge is 0.480 e. The number of carbonyl (C=O) groups is 1. The molecule has 3 N–H and O–H groups in total. The Morgan fingerprint density at radius 1 is 1.36 bits per heavy atom. The van der Waals surface area contributed by atoms with Gasteiger partial charge in [-0.3, -0.25) is 9.80 Å². The second-order valence-corrected chi connectivity index (χ2v) is 2.65. The maximum Gasteiger partial charge on any atom is 0.324 e. The molecule has 0 spiro atoms. The van der Waals surface area contributed by atoms with E-state index in [-0.39, 0.29) is 5.69 Å². The van der Waals surface area contributed by atoms with E-state index >= 15 is 0 Å². The maximum atomic E-state index is 12.7. The fourth-order valence-corrected chi connectivity index (χ4v) is 0.942. The summed E-state index contributed by atoms with van der Waals surface area (Å²) in [5.41, 5.74) is -0.0232. The smallest absolute Gasteiger partial charge is 0.324 e. The lowest BCUT2D eigenvalue weighted by Crippen LogP contribution is -2.36. The van der Waals surface area contributed by atoms with Gasteiger partial charge < -0.3 is 5.11 Å². The van der Waals surface area contributed by atoms with Gasteiger partial charge in [-0.2, -0.15) is 0 Å². The van der Waals surface area contributed by atoms with Crippen molar-refractivity contribution in [1.82, 2.24) is 0 Å². The lowest BCUT2D eigenvalue weighted by atomic mass is 10.3. The molecule has 0 aliphatic carbocycles. The van der Waals surface area contributed by atoms with Crippen LogP contribution in [0.25, 0.3) is 0 Å². The highest BCUT2D eigenvalue weighted by Gasteiger charge is 2.08. The van der Waals surface area contributed by atoms with Gasteiger partial charge in [0.25, 0.3) is 0 Å². The van der Waals surface area contributed by atoms with E-state index in [9.17, 15) is 13.6 Å². The Bertz CT molecular complexity index is 337. The fraction of sp³-hybridized carbons (Fsp3) is 0.125. The number of hydrazine groups is 1. The van der Waals surface area contributed by atoms with Crippen LogP contribution in [0.4, 0.5) is 14.5 Å². The van der Waals surface area contributed by atoms with E-state index in [1.54, 1.807) is 0 Å². The van der Waals surface area contributed by atoms with Crippen molar-refractivity contribution in [2.45, 2.75) is 0 Å². The molecule has 0 radical (unpaired) electrons. The summed E-state index contributed by atoms with van der Waals surface area (Å²) in [7, 11) is 0. The zero-order valence-corrected chi connectivity index (χ0v) is 7.08. The summed E-state index contributed by atoms with van der Waals surface area (Å²) < 4.78 is 25.3. The van der Waals surface area contributed by atoms with Gasteiger partial charge in [0.1, 0.15) is 18.2 Å². The van der Waals surface area contributed by atoms with Crippen molar-refractivity contribution in [1.29, 1.82) is 0 Å². The average molecular weight is 202 g/mol. The Morgan fingerprint density at radius 2 is 1.86 bits per heavy atom. The zero-order chi connectivity index (χ0) is 10.7. The van der Waals surface area contributed by atoms with E-state index in [1.165, 1.54) is 0 Å². The molecule has 0 aliphatic rings. The molecule has 76 valence electrons. The van der Waals surface area contributed by atoms with Gasteiger partial charge in [-0.1, -0.05) is 0 Å². The Kier molecular flexibility index (Phi) is 2.98. The summed E-state index contributed by atoms with van der Waals surface area (Å²) in [6.07, 6.45) is 0. The number of rotatable bonds is 3. The van der Waals surface area contributed by atoms with Crippen molar-refractivity contribution < 1.29 is 18.7 Å². The van der Waals surface area contributed by atoms with Crippen LogP contribution in [0.2, 0.25) is 0 Å². The molecule has 0 saturated heterocycles. The molecule has 1 rings (SSSR count). The molecule has 0 atom stereocenters. The van der Waals surface area contributed by atoms with Crippen molar-refractivity contribution in [3.8, 4) is 0 Å². The maximum absolute atomic E-state index is 12.7. The molecule has 0 heterocycles. The number of anilines is 1. The first kappa shape index (κ1) is 10.4. The molecule has 0 amide bonds. The summed E-state index contributed by atoms with van der Waals surface area (Å²) in [6, 6.07) is 2.58. The summed E-state index contributed by atoms with van der Waals surface area (Å²) in [5, 5.41) is 9.12. The molecule has 0 unspecified atom stereocenters. The number of carboxylic acids is 1. The van der Waals surface area contributed by atoms with Crippen LogP contribution in [0.15, 0.2) is 18.2 Å². The van der Waals surface area contributed by atoms with Gasteiger partial charge in [-0.25, -0.2) is 14.6 Å². The molecule has 0 saturated carbocycles. The van der Waals surface area contributed by atoms with Gasteiger partial charge >= 0.3 is 5.97 Å². The lowest BCUT2D eigenvalue weighted by molar-refractivity contribution is -0.135. The predicted molar refractivity (Wildman–Crippen MR) is 45.5 cm³/mol. The molecule has 0 aliphatic heterocycles. The van der Waals surface area contributed by atoms with E-state index in [0.29, 0.717) is 6.07 Å². The van der Waals surface area contributed by atoms with E-state index in [2.05, 4.69) is 0 Å². The van der Waals surface area contributed by atoms with Crippen LogP contribution >= 0.6 is 0 Å². The number of benzene rings is 1. The number of halogens is 2. The van der Waals surface area contributed by atoms with Gasteiger partial charge in [0.15, 0.2) is 0 Å². The first-order chi connectivity index (χ1) is 6.49. The molecule has 6 heteroatoms. The van der Waals surface area contributed by atoms with Gasteiger partial charge in [0.2, 0.25) is 0 Å². The highest BCUT2D eigenvalue weighted by molar-refractivity contribution is 5.73.